The molecular formula is C18H21ClN4O3. The van der Waals surface area contributed by atoms with E-state index >= 15 is 0 Å². The number of nitrogens with zero attached hydrogens (tertiary/aromatic N) is 2. The number of para-hydroxylation sites is 1. The summed E-state index contributed by atoms with van der Waals surface area (Å²) >= 11 is 0. The largest absolute Gasteiger partial charge is 0.448 e. The highest BCUT2D eigenvalue weighted by Gasteiger charge is 2.33. The van der Waals surface area contributed by atoms with Crippen molar-refractivity contribution in [3.63, 3.8) is 0 Å². The molecule has 0 aliphatic heterocycles. The number of amides is 1. The molecule has 1 aliphatic rings. The summed E-state index contributed by atoms with van der Waals surface area (Å²) < 4.78 is 6.91. The minimum absolute atomic E-state index is 0. The lowest BCUT2D eigenvalue weighted by Gasteiger charge is -2.28. The number of rotatable bonds is 4. The van der Waals surface area contributed by atoms with Gasteiger partial charge < -0.3 is 15.5 Å². The van der Waals surface area contributed by atoms with E-state index in [2.05, 4.69) is 10.3 Å². The highest BCUT2D eigenvalue weighted by atomic mass is 35.5. The fraction of sp³-hybridized carbons (Fsp3) is 0.389. The van der Waals surface area contributed by atoms with E-state index in [-0.39, 0.29) is 41.5 Å². The summed E-state index contributed by atoms with van der Waals surface area (Å²) in [7, 11) is 0. The Morgan fingerprint density at radius 2 is 2.04 bits per heavy atom. The number of carbonyl (C=O) groups excluding carboxylic acids is 1. The van der Waals surface area contributed by atoms with Gasteiger partial charge in [-0.05, 0) is 25.0 Å². The predicted octanol–water partition coefficient (Wildman–Crippen LogP) is 1.95. The summed E-state index contributed by atoms with van der Waals surface area (Å²) in [5.41, 5.74) is 6.46. The number of hydrogen-bond acceptors (Lipinski definition) is 5. The Balaban J connectivity index is 0.00000196. The lowest BCUT2D eigenvalue weighted by Crippen LogP contribution is -2.52. The van der Waals surface area contributed by atoms with E-state index in [1.54, 1.807) is 6.07 Å². The van der Waals surface area contributed by atoms with Crippen LogP contribution in [0, 0.1) is 0 Å². The molecule has 1 fully saturated rings. The quantitative estimate of drug-likeness (QED) is 0.724. The number of nitrogens with one attached hydrogen (secondary N) is 1. The molecule has 0 unspecified atom stereocenters. The van der Waals surface area contributed by atoms with Crippen LogP contribution in [0.25, 0.3) is 22.1 Å². The summed E-state index contributed by atoms with van der Waals surface area (Å²) in [6.07, 6.45) is 5.28. The van der Waals surface area contributed by atoms with Crippen LogP contribution in [0.5, 0.6) is 0 Å². The zero-order valence-electron chi connectivity index (χ0n) is 14.2. The van der Waals surface area contributed by atoms with E-state index in [4.69, 9.17) is 10.2 Å². The summed E-state index contributed by atoms with van der Waals surface area (Å²) in [6.45, 7) is 0.315. The number of halogens is 1. The van der Waals surface area contributed by atoms with Crippen molar-refractivity contribution in [2.45, 2.75) is 37.8 Å². The SMILES string of the molecule is Cl.NCC1(NC(=O)Cn2cnc3c(oc4ccccc43)c2=O)CCCC1. The van der Waals surface area contributed by atoms with Gasteiger partial charge in [-0.3, -0.25) is 14.2 Å². The van der Waals surface area contributed by atoms with Crippen LogP contribution >= 0.6 is 12.4 Å². The molecule has 1 saturated carbocycles. The lowest BCUT2D eigenvalue weighted by molar-refractivity contribution is -0.123. The third-order valence-corrected chi connectivity index (χ3v) is 5.02. The molecule has 3 N–H and O–H groups in total. The summed E-state index contributed by atoms with van der Waals surface area (Å²) in [4.78, 5) is 29.4. The van der Waals surface area contributed by atoms with E-state index in [1.165, 1.54) is 10.9 Å². The van der Waals surface area contributed by atoms with E-state index < -0.39 is 0 Å². The minimum atomic E-state index is -0.357. The average Bonchev–Trinajstić information content (AvgIpc) is 3.23. The smallest absolute Gasteiger partial charge is 0.297 e. The molecule has 2 heterocycles. The van der Waals surface area contributed by atoms with Crippen LogP contribution < -0.4 is 16.6 Å². The molecule has 1 amide bonds. The third-order valence-electron chi connectivity index (χ3n) is 5.02. The van der Waals surface area contributed by atoms with Gasteiger partial charge in [-0.2, -0.15) is 0 Å². The highest BCUT2D eigenvalue weighted by Crippen LogP contribution is 2.28. The van der Waals surface area contributed by atoms with Gasteiger partial charge in [0.15, 0.2) is 0 Å². The van der Waals surface area contributed by atoms with Gasteiger partial charge in [0.05, 0.1) is 11.9 Å². The number of carbonyl (C=O) groups is 1. The van der Waals surface area contributed by atoms with E-state index in [0.29, 0.717) is 17.6 Å². The molecule has 0 atom stereocenters. The normalized spacial score (nSPS) is 15.9. The first kappa shape index (κ1) is 18.4. The molecule has 2 aromatic heterocycles. The number of nitrogens with two attached hydrogens (primary N) is 1. The molecule has 1 aromatic carbocycles. The minimum Gasteiger partial charge on any atom is -0.448 e. The molecule has 3 aromatic rings. The van der Waals surface area contributed by atoms with Gasteiger partial charge in [0, 0.05) is 11.9 Å². The Hall–Kier alpha value is -2.38. The molecule has 138 valence electrons. The van der Waals surface area contributed by atoms with Crippen molar-refractivity contribution in [3.8, 4) is 0 Å². The summed E-state index contributed by atoms with van der Waals surface area (Å²) in [5.74, 6) is -0.230. The van der Waals surface area contributed by atoms with Crippen molar-refractivity contribution in [2.24, 2.45) is 5.73 Å². The maximum atomic E-state index is 12.6. The molecule has 7 nitrogen and oxygen atoms in total. The molecule has 26 heavy (non-hydrogen) atoms. The van der Waals surface area contributed by atoms with Crippen molar-refractivity contribution in [2.75, 3.05) is 6.54 Å². The van der Waals surface area contributed by atoms with Gasteiger partial charge in [-0.15, -0.1) is 12.4 Å². The molecule has 8 heteroatoms. The number of fused-ring (bicyclic) bond motifs is 3. The number of furan rings is 1. The van der Waals surface area contributed by atoms with Crippen molar-refractivity contribution in [3.05, 3.63) is 40.9 Å². The molecule has 1 aliphatic carbocycles. The van der Waals surface area contributed by atoms with Gasteiger partial charge >= 0.3 is 0 Å². The van der Waals surface area contributed by atoms with Gasteiger partial charge in [-0.25, -0.2) is 4.98 Å². The van der Waals surface area contributed by atoms with Crippen LogP contribution in [0.3, 0.4) is 0 Å². The van der Waals surface area contributed by atoms with Gasteiger partial charge in [0.1, 0.15) is 17.6 Å². The van der Waals surface area contributed by atoms with Crippen LogP contribution in [0.1, 0.15) is 25.7 Å². The van der Waals surface area contributed by atoms with Crippen LogP contribution in [0.4, 0.5) is 0 Å². The first-order valence-corrected chi connectivity index (χ1v) is 8.50. The molecule has 4 rings (SSSR count). The number of hydrogen-bond donors (Lipinski definition) is 2. The summed E-state index contributed by atoms with van der Waals surface area (Å²) in [5, 5.41) is 3.80. The van der Waals surface area contributed by atoms with Crippen molar-refractivity contribution < 1.29 is 9.21 Å². The van der Waals surface area contributed by atoms with Crippen LogP contribution in [-0.4, -0.2) is 27.5 Å². The van der Waals surface area contributed by atoms with E-state index in [0.717, 1.165) is 31.1 Å². The molecule has 0 bridgehead atoms. The maximum absolute atomic E-state index is 12.6. The van der Waals surface area contributed by atoms with Crippen LogP contribution in [-0.2, 0) is 11.3 Å². The summed E-state index contributed by atoms with van der Waals surface area (Å²) in [6, 6.07) is 7.35. The number of benzene rings is 1. The van der Waals surface area contributed by atoms with Crippen LogP contribution in [0.15, 0.2) is 39.8 Å². The Bertz CT molecular complexity index is 1000. The highest BCUT2D eigenvalue weighted by molar-refractivity contribution is 6.01. The van der Waals surface area contributed by atoms with Crippen molar-refractivity contribution in [1.29, 1.82) is 0 Å². The average molecular weight is 377 g/mol. The number of aromatic nitrogens is 2. The Morgan fingerprint density at radius 1 is 1.31 bits per heavy atom. The van der Waals surface area contributed by atoms with Gasteiger partial charge in [0.2, 0.25) is 11.5 Å². The first-order chi connectivity index (χ1) is 12.1. The molecular weight excluding hydrogens is 356 g/mol. The second-order valence-corrected chi connectivity index (χ2v) is 6.69. The maximum Gasteiger partial charge on any atom is 0.297 e. The second-order valence-electron chi connectivity index (χ2n) is 6.69. The van der Waals surface area contributed by atoms with Gasteiger partial charge in [0.25, 0.3) is 5.56 Å². The van der Waals surface area contributed by atoms with Crippen molar-refractivity contribution >= 4 is 40.4 Å². The lowest BCUT2D eigenvalue weighted by atomic mass is 9.98. The standard InChI is InChI=1S/C18H20N4O3.ClH/c19-10-18(7-3-4-8-18)21-14(23)9-22-11-20-15-12-5-1-2-6-13(12)25-16(15)17(22)24;/h1-2,5-6,11H,3-4,7-10,19H2,(H,21,23);1H. The molecule has 0 radical (unpaired) electrons. The van der Waals surface area contributed by atoms with Crippen molar-refractivity contribution in [1.82, 2.24) is 14.9 Å². The van der Waals surface area contributed by atoms with Crippen LogP contribution in [0.2, 0.25) is 0 Å². The van der Waals surface area contributed by atoms with E-state index in [9.17, 15) is 9.59 Å². The fourth-order valence-electron chi connectivity index (χ4n) is 3.65. The second kappa shape index (κ2) is 7.09. The Kier molecular flexibility index (Phi) is 5.02. The fourth-order valence-corrected chi connectivity index (χ4v) is 3.65. The molecule has 0 spiro atoms. The van der Waals surface area contributed by atoms with Gasteiger partial charge in [-0.1, -0.05) is 25.0 Å². The molecule has 0 saturated heterocycles. The Morgan fingerprint density at radius 3 is 2.77 bits per heavy atom. The first-order valence-electron chi connectivity index (χ1n) is 8.50. The zero-order chi connectivity index (χ0) is 17.4. The third kappa shape index (κ3) is 3.08. The monoisotopic (exact) mass is 376 g/mol. The zero-order valence-corrected chi connectivity index (χ0v) is 15.1. The van der Waals surface area contributed by atoms with E-state index in [1.807, 2.05) is 18.2 Å². The predicted molar refractivity (Wildman–Crippen MR) is 101 cm³/mol. The topological polar surface area (TPSA) is 103 Å². The Labute approximate surface area is 156 Å².